The number of hydrogen-bond donors (Lipinski definition) is 2. The van der Waals surface area contributed by atoms with Crippen LogP contribution >= 0.6 is 0 Å². The number of carbonyl (C=O) groups excluding carboxylic acids is 1. The SMILES string of the molecule is NC(N)=NC(=O)c1ccc2c(c1)C(c1c(F)cccc1F)=CCO2. The van der Waals surface area contributed by atoms with E-state index in [2.05, 4.69) is 4.99 Å². The molecule has 0 bridgehead atoms. The van der Waals surface area contributed by atoms with Crippen LogP contribution in [0.15, 0.2) is 47.5 Å². The minimum atomic E-state index is -0.699. The molecule has 24 heavy (non-hydrogen) atoms. The molecule has 4 N–H and O–H groups in total. The summed E-state index contributed by atoms with van der Waals surface area (Å²) in [6.45, 7) is 0.164. The third-order valence-electron chi connectivity index (χ3n) is 3.51. The Balaban J connectivity index is 2.13. The van der Waals surface area contributed by atoms with Gasteiger partial charge in [0.15, 0.2) is 5.96 Å². The second-order valence-corrected chi connectivity index (χ2v) is 5.08. The third-order valence-corrected chi connectivity index (χ3v) is 3.51. The van der Waals surface area contributed by atoms with Gasteiger partial charge in [-0.2, -0.15) is 4.99 Å². The number of nitrogens with two attached hydrogens (primary N) is 2. The van der Waals surface area contributed by atoms with Gasteiger partial charge in [-0.05, 0) is 42.0 Å². The maximum atomic E-state index is 14.1. The van der Waals surface area contributed by atoms with Crippen molar-refractivity contribution in [3.8, 4) is 5.75 Å². The Morgan fingerprint density at radius 2 is 1.83 bits per heavy atom. The average molecular weight is 329 g/mol. The summed E-state index contributed by atoms with van der Waals surface area (Å²) in [7, 11) is 0. The summed E-state index contributed by atoms with van der Waals surface area (Å²) in [5.74, 6) is -2.01. The van der Waals surface area contributed by atoms with Crippen LogP contribution < -0.4 is 16.2 Å². The maximum Gasteiger partial charge on any atom is 0.280 e. The van der Waals surface area contributed by atoms with Gasteiger partial charge in [0.05, 0.1) is 5.56 Å². The standard InChI is InChI=1S/C17H13F2N3O2/c18-12-2-1-3-13(19)15(12)10-6-7-24-14-5-4-9(8-11(10)14)16(23)22-17(20)21/h1-6,8H,7H2,(H4,20,21,22,23). The molecule has 0 atom stereocenters. The van der Waals surface area contributed by atoms with Crippen LogP contribution in [-0.4, -0.2) is 18.5 Å². The molecule has 2 aromatic rings. The number of guanidine groups is 1. The lowest BCUT2D eigenvalue weighted by Gasteiger charge is -2.20. The molecule has 1 heterocycles. The van der Waals surface area contributed by atoms with Crippen molar-refractivity contribution in [2.75, 3.05) is 6.61 Å². The first-order valence-electron chi connectivity index (χ1n) is 7.03. The lowest BCUT2D eigenvalue weighted by molar-refractivity contribution is 0.100. The van der Waals surface area contributed by atoms with Gasteiger partial charge in [0.1, 0.15) is 24.0 Å². The molecule has 5 nitrogen and oxygen atoms in total. The van der Waals surface area contributed by atoms with Crippen molar-refractivity contribution in [3.05, 3.63) is 70.8 Å². The highest BCUT2D eigenvalue weighted by Gasteiger charge is 2.22. The van der Waals surface area contributed by atoms with E-state index in [1.165, 1.54) is 36.4 Å². The number of ether oxygens (including phenoxy) is 1. The molecular weight excluding hydrogens is 316 g/mol. The first-order chi connectivity index (χ1) is 11.5. The van der Waals surface area contributed by atoms with Crippen LogP contribution in [-0.2, 0) is 0 Å². The molecule has 0 unspecified atom stereocenters. The van der Waals surface area contributed by atoms with Gasteiger partial charge in [-0.25, -0.2) is 8.78 Å². The Kier molecular flexibility index (Phi) is 3.99. The maximum absolute atomic E-state index is 14.1. The molecule has 0 fully saturated rings. The largest absolute Gasteiger partial charge is 0.489 e. The fourth-order valence-corrected chi connectivity index (χ4v) is 2.50. The molecule has 122 valence electrons. The highest BCUT2D eigenvalue weighted by atomic mass is 19.1. The number of benzene rings is 2. The molecular formula is C17H13F2N3O2. The normalized spacial score (nSPS) is 12.7. The Labute approximate surface area is 136 Å². The van der Waals surface area contributed by atoms with Gasteiger partial charge in [0.25, 0.3) is 5.91 Å². The second-order valence-electron chi connectivity index (χ2n) is 5.08. The van der Waals surface area contributed by atoms with E-state index in [1.807, 2.05) is 0 Å². The smallest absolute Gasteiger partial charge is 0.280 e. The Bertz CT molecular complexity index is 867. The van der Waals surface area contributed by atoms with Crippen LogP contribution in [0, 0.1) is 11.6 Å². The average Bonchev–Trinajstić information content (AvgIpc) is 2.53. The Morgan fingerprint density at radius 1 is 1.12 bits per heavy atom. The number of fused-ring (bicyclic) bond motifs is 1. The highest BCUT2D eigenvalue weighted by molar-refractivity contribution is 6.03. The van der Waals surface area contributed by atoms with Gasteiger partial charge in [-0.3, -0.25) is 4.79 Å². The van der Waals surface area contributed by atoms with Crippen LogP contribution in [0.25, 0.3) is 5.57 Å². The summed E-state index contributed by atoms with van der Waals surface area (Å²) >= 11 is 0. The van der Waals surface area contributed by atoms with Crippen molar-refractivity contribution in [2.24, 2.45) is 16.5 Å². The summed E-state index contributed by atoms with van der Waals surface area (Å²) < 4.78 is 33.7. The topological polar surface area (TPSA) is 90.7 Å². The molecule has 1 aliphatic heterocycles. The summed E-state index contributed by atoms with van der Waals surface area (Å²) in [4.78, 5) is 15.4. The number of carbonyl (C=O) groups is 1. The van der Waals surface area contributed by atoms with Gasteiger partial charge in [0, 0.05) is 11.1 Å². The number of aliphatic imine (C=N–C) groups is 1. The molecule has 0 spiro atoms. The second kappa shape index (κ2) is 6.11. The predicted octanol–water partition coefficient (Wildman–Crippen LogP) is 2.20. The molecule has 0 saturated carbocycles. The Morgan fingerprint density at radius 3 is 2.50 bits per heavy atom. The fraction of sp³-hybridized carbons (Fsp3) is 0.0588. The van der Waals surface area contributed by atoms with E-state index >= 15 is 0 Å². The van der Waals surface area contributed by atoms with E-state index in [0.29, 0.717) is 16.9 Å². The predicted molar refractivity (Wildman–Crippen MR) is 85.5 cm³/mol. The first kappa shape index (κ1) is 15.7. The highest BCUT2D eigenvalue weighted by Crippen LogP contribution is 2.37. The minimum Gasteiger partial charge on any atom is -0.489 e. The summed E-state index contributed by atoms with van der Waals surface area (Å²) in [5.41, 5.74) is 11.1. The summed E-state index contributed by atoms with van der Waals surface area (Å²) in [5, 5.41) is 0. The van der Waals surface area contributed by atoms with E-state index in [1.54, 1.807) is 6.08 Å². The molecule has 7 heteroatoms. The zero-order valence-corrected chi connectivity index (χ0v) is 12.4. The molecule has 3 rings (SSSR count). The molecule has 1 aliphatic rings. The zero-order chi connectivity index (χ0) is 17.3. The molecule has 2 aromatic carbocycles. The fourth-order valence-electron chi connectivity index (χ4n) is 2.50. The molecule has 1 amide bonds. The van der Waals surface area contributed by atoms with Crippen LogP contribution in [0.5, 0.6) is 5.75 Å². The van der Waals surface area contributed by atoms with Gasteiger partial charge in [0.2, 0.25) is 0 Å². The van der Waals surface area contributed by atoms with Crippen LogP contribution in [0.1, 0.15) is 21.5 Å². The van der Waals surface area contributed by atoms with Crippen molar-refractivity contribution in [3.63, 3.8) is 0 Å². The minimum absolute atomic E-state index is 0.164. The van der Waals surface area contributed by atoms with Gasteiger partial charge in [-0.15, -0.1) is 0 Å². The molecule has 0 aromatic heterocycles. The monoisotopic (exact) mass is 329 g/mol. The number of nitrogens with zero attached hydrogens (tertiary/aromatic N) is 1. The molecule has 0 aliphatic carbocycles. The lowest BCUT2D eigenvalue weighted by atomic mass is 9.93. The van der Waals surface area contributed by atoms with E-state index < -0.39 is 17.5 Å². The van der Waals surface area contributed by atoms with Gasteiger partial charge < -0.3 is 16.2 Å². The van der Waals surface area contributed by atoms with Crippen LogP contribution in [0.4, 0.5) is 8.78 Å². The van der Waals surface area contributed by atoms with Gasteiger partial charge in [-0.1, -0.05) is 6.07 Å². The van der Waals surface area contributed by atoms with E-state index in [9.17, 15) is 13.6 Å². The number of halogens is 2. The van der Waals surface area contributed by atoms with Crippen molar-refractivity contribution in [2.45, 2.75) is 0 Å². The van der Waals surface area contributed by atoms with E-state index in [-0.39, 0.29) is 23.7 Å². The van der Waals surface area contributed by atoms with Crippen molar-refractivity contribution in [1.82, 2.24) is 0 Å². The zero-order valence-electron chi connectivity index (χ0n) is 12.4. The van der Waals surface area contributed by atoms with Crippen molar-refractivity contribution < 1.29 is 18.3 Å². The number of amides is 1. The first-order valence-corrected chi connectivity index (χ1v) is 7.03. The van der Waals surface area contributed by atoms with Crippen molar-refractivity contribution in [1.29, 1.82) is 0 Å². The summed E-state index contributed by atoms with van der Waals surface area (Å²) in [6, 6.07) is 8.09. The molecule has 0 radical (unpaired) electrons. The lowest BCUT2D eigenvalue weighted by Crippen LogP contribution is -2.24. The number of hydrogen-bond acceptors (Lipinski definition) is 2. The molecule has 0 saturated heterocycles. The Hall–Kier alpha value is -3.22. The summed E-state index contributed by atoms with van der Waals surface area (Å²) in [6.07, 6.45) is 1.55. The van der Waals surface area contributed by atoms with Crippen LogP contribution in [0.3, 0.4) is 0 Å². The quantitative estimate of drug-likeness (QED) is 0.653. The third kappa shape index (κ3) is 2.83. The van der Waals surface area contributed by atoms with Crippen molar-refractivity contribution >= 4 is 17.4 Å². The van der Waals surface area contributed by atoms with E-state index in [0.717, 1.165) is 0 Å². The van der Waals surface area contributed by atoms with E-state index in [4.69, 9.17) is 16.2 Å². The number of rotatable bonds is 2. The van der Waals surface area contributed by atoms with Gasteiger partial charge >= 0.3 is 0 Å². The van der Waals surface area contributed by atoms with Crippen LogP contribution in [0.2, 0.25) is 0 Å².